The zero-order valence-electron chi connectivity index (χ0n) is 10.8. The van der Waals surface area contributed by atoms with Gasteiger partial charge in [0.2, 0.25) is 0 Å². The molecular weight excluding hydrogens is 232 g/mol. The van der Waals surface area contributed by atoms with Crippen molar-refractivity contribution in [3.8, 4) is 11.8 Å². The highest BCUT2D eigenvalue weighted by Crippen LogP contribution is 2.27. The number of allylic oxidation sites excluding steroid dienone is 1. The molecule has 2 aromatic heterocycles. The second kappa shape index (κ2) is 5.07. The van der Waals surface area contributed by atoms with E-state index in [0.717, 1.165) is 23.5 Å². The number of fused-ring (bicyclic) bond motifs is 1. The van der Waals surface area contributed by atoms with Crippen LogP contribution in [0.25, 0.3) is 6.08 Å². The third-order valence-electron chi connectivity index (χ3n) is 3.24. The highest BCUT2D eigenvalue weighted by molar-refractivity contribution is 5.55. The molecule has 1 unspecified atom stereocenters. The van der Waals surface area contributed by atoms with Crippen molar-refractivity contribution in [3.05, 3.63) is 65.2 Å². The molecule has 0 bridgehead atoms. The number of hydrogen-bond acceptors (Lipinski definition) is 2. The summed E-state index contributed by atoms with van der Waals surface area (Å²) in [6, 6.07) is 9.84. The summed E-state index contributed by atoms with van der Waals surface area (Å²) in [6.07, 6.45) is 7.10. The lowest BCUT2D eigenvalue weighted by Crippen LogP contribution is -2.02. The van der Waals surface area contributed by atoms with Crippen LogP contribution in [0, 0.1) is 11.8 Å². The van der Waals surface area contributed by atoms with E-state index in [1.807, 2.05) is 24.3 Å². The van der Waals surface area contributed by atoms with E-state index in [2.05, 4.69) is 47.0 Å². The van der Waals surface area contributed by atoms with Crippen molar-refractivity contribution in [2.75, 3.05) is 0 Å². The number of aromatic nitrogens is 2. The first-order chi connectivity index (χ1) is 9.33. The predicted molar refractivity (Wildman–Crippen MR) is 76.5 cm³/mol. The molecule has 1 atom stereocenters. The van der Waals surface area contributed by atoms with Gasteiger partial charge in [0.05, 0.1) is 5.69 Å². The number of pyridine rings is 2. The van der Waals surface area contributed by atoms with E-state index in [0.29, 0.717) is 5.92 Å². The SMILES string of the molecule is CC1CC=Cc2nc(C#Cc3ccccn3)ccc21. The highest BCUT2D eigenvalue weighted by atomic mass is 14.7. The topological polar surface area (TPSA) is 25.8 Å². The summed E-state index contributed by atoms with van der Waals surface area (Å²) in [6.45, 7) is 2.23. The molecule has 0 saturated carbocycles. The monoisotopic (exact) mass is 246 g/mol. The summed E-state index contributed by atoms with van der Waals surface area (Å²) in [4.78, 5) is 8.77. The molecule has 0 saturated heterocycles. The van der Waals surface area contributed by atoms with Crippen LogP contribution in [0.5, 0.6) is 0 Å². The van der Waals surface area contributed by atoms with Crippen LogP contribution in [0.1, 0.15) is 41.9 Å². The van der Waals surface area contributed by atoms with Gasteiger partial charge in [0.1, 0.15) is 11.4 Å². The van der Waals surface area contributed by atoms with E-state index < -0.39 is 0 Å². The Balaban J connectivity index is 1.92. The fraction of sp³-hybridized carbons (Fsp3) is 0.176. The van der Waals surface area contributed by atoms with Crippen LogP contribution >= 0.6 is 0 Å². The van der Waals surface area contributed by atoms with Gasteiger partial charge in [-0.3, -0.25) is 0 Å². The summed E-state index contributed by atoms with van der Waals surface area (Å²) < 4.78 is 0. The summed E-state index contributed by atoms with van der Waals surface area (Å²) in [5.41, 5.74) is 3.92. The van der Waals surface area contributed by atoms with Crippen LogP contribution in [0.15, 0.2) is 42.6 Å². The molecule has 1 aliphatic carbocycles. The smallest absolute Gasteiger partial charge is 0.114 e. The third-order valence-corrected chi connectivity index (χ3v) is 3.24. The first kappa shape index (κ1) is 11.7. The van der Waals surface area contributed by atoms with E-state index in [1.54, 1.807) is 6.20 Å². The maximum atomic E-state index is 4.59. The maximum absolute atomic E-state index is 4.59. The molecule has 2 heteroatoms. The van der Waals surface area contributed by atoms with Gasteiger partial charge < -0.3 is 0 Å². The third kappa shape index (κ3) is 2.56. The van der Waals surface area contributed by atoms with Crippen LogP contribution in [0.4, 0.5) is 0 Å². The van der Waals surface area contributed by atoms with Crippen molar-refractivity contribution in [1.82, 2.24) is 9.97 Å². The lowest BCUT2D eigenvalue weighted by atomic mass is 9.91. The average molecular weight is 246 g/mol. The molecule has 2 aromatic rings. The van der Waals surface area contributed by atoms with Crippen molar-refractivity contribution < 1.29 is 0 Å². The summed E-state index contributed by atoms with van der Waals surface area (Å²) >= 11 is 0. The largest absolute Gasteiger partial charge is 0.248 e. The van der Waals surface area contributed by atoms with Gasteiger partial charge in [0, 0.05) is 6.20 Å². The molecule has 2 nitrogen and oxygen atoms in total. The molecule has 0 radical (unpaired) electrons. The van der Waals surface area contributed by atoms with Crippen LogP contribution in [0.3, 0.4) is 0 Å². The quantitative estimate of drug-likeness (QED) is 0.666. The normalized spacial score (nSPS) is 16.4. The molecule has 0 fully saturated rings. The first-order valence-corrected chi connectivity index (χ1v) is 6.43. The summed E-state index contributed by atoms with van der Waals surface area (Å²) in [5.74, 6) is 6.65. The van der Waals surface area contributed by atoms with Gasteiger partial charge in [-0.25, -0.2) is 9.97 Å². The molecule has 92 valence electrons. The summed E-state index contributed by atoms with van der Waals surface area (Å²) in [7, 11) is 0. The number of nitrogens with zero attached hydrogens (tertiary/aromatic N) is 2. The van der Waals surface area contributed by atoms with Gasteiger partial charge in [-0.05, 0) is 54.0 Å². The van der Waals surface area contributed by atoms with Crippen molar-refractivity contribution in [2.24, 2.45) is 0 Å². The van der Waals surface area contributed by atoms with Crippen molar-refractivity contribution in [2.45, 2.75) is 19.3 Å². The Labute approximate surface area is 113 Å². The Morgan fingerprint density at radius 3 is 2.84 bits per heavy atom. The van der Waals surface area contributed by atoms with Gasteiger partial charge in [-0.15, -0.1) is 0 Å². The minimum atomic E-state index is 0.547. The van der Waals surface area contributed by atoms with E-state index >= 15 is 0 Å². The molecule has 19 heavy (non-hydrogen) atoms. The van der Waals surface area contributed by atoms with Crippen LogP contribution in [-0.4, -0.2) is 9.97 Å². The zero-order chi connectivity index (χ0) is 13.1. The van der Waals surface area contributed by atoms with E-state index in [1.165, 1.54) is 5.56 Å². The Kier molecular flexibility index (Phi) is 3.12. The Hall–Kier alpha value is -2.40. The number of hydrogen-bond donors (Lipinski definition) is 0. The molecule has 2 heterocycles. The minimum absolute atomic E-state index is 0.547. The maximum Gasteiger partial charge on any atom is 0.114 e. The van der Waals surface area contributed by atoms with Crippen molar-refractivity contribution in [3.63, 3.8) is 0 Å². The van der Waals surface area contributed by atoms with E-state index in [9.17, 15) is 0 Å². The van der Waals surface area contributed by atoms with Gasteiger partial charge in [-0.1, -0.05) is 25.1 Å². The predicted octanol–water partition coefficient (Wildman–Crippen LogP) is 3.40. The van der Waals surface area contributed by atoms with Crippen molar-refractivity contribution >= 4 is 6.08 Å². The zero-order valence-corrected chi connectivity index (χ0v) is 10.8. The van der Waals surface area contributed by atoms with Crippen molar-refractivity contribution in [1.29, 1.82) is 0 Å². The highest BCUT2D eigenvalue weighted by Gasteiger charge is 2.13. The summed E-state index contributed by atoms with van der Waals surface area (Å²) in [5, 5.41) is 0. The Morgan fingerprint density at radius 2 is 2.00 bits per heavy atom. The first-order valence-electron chi connectivity index (χ1n) is 6.43. The molecule has 0 N–H and O–H groups in total. The Bertz CT molecular complexity index is 675. The van der Waals surface area contributed by atoms with Crippen LogP contribution < -0.4 is 0 Å². The molecule has 1 aliphatic rings. The van der Waals surface area contributed by atoms with Crippen LogP contribution in [0.2, 0.25) is 0 Å². The minimum Gasteiger partial charge on any atom is -0.248 e. The molecule has 0 spiro atoms. The second-order valence-corrected chi connectivity index (χ2v) is 4.68. The fourth-order valence-electron chi connectivity index (χ4n) is 2.18. The lowest BCUT2D eigenvalue weighted by Gasteiger charge is -2.16. The molecule has 3 rings (SSSR count). The Morgan fingerprint density at radius 1 is 1.11 bits per heavy atom. The fourth-order valence-corrected chi connectivity index (χ4v) is 2.18. The van der Waals surface area contributed by atoms with Gasteiger partial charge in [-0.2, -0.15) is 0 Å². The van der Waals surface area contributed by atoms with E-state index in [4.69, 9.17) is 0 Å². The van der Waals surface area contributed by atoms with Gasteiger partial charge >= 0.3 is 0 Å². The van der Waals surface area contributed by atoms with Gasteiger partial charge in [0.15, 0.2) is 0 Å². The van der Waals surface area contributed by atoms with Crippen LogP contribution in [-0.2, 0) is 0 Å². The average Bonchev–Trinajstić information content (AvgIpc) is 2.46. The molecule has 0 aliphatic heterocycles. The second-order valence-electron chi connectivity index (χ2n) is 4.68. The van der Waals surface area contributed by atoms with E-state index in [-0.39, 0.29) is 0 Å². The number of rotatable bonds is 0. The van der Waals surface area contributed by atoms with Gasteiger partial charge in [0.25, 0.3) is 0 Å². The molecule has 0 aromatic carbocycles. The molecule has 0 amide bonds. The molecular formula is C17H14N2. The standard InChI is InChI=1S/C17H14N2/c1-13-5-4-7-17-16(13)11-10-15(19-17)9-8-14-6-2-3-12-18-14/h2-4,6-7,10-13H,5H2,1H3. The lowest BCUT2D eigenvalue weighted by molar-refractivity contribution is 0.763.